The van der Waals surface area contributed by atoms with Crippen LogP contribution in [0.25, 0.3) is 0 Å². The van der Waals surface area contributed by atoms with Crippen molar-refractivity contribution in [3.8, 4) is 0 Å². The van der Waals surface area contributed by atoms with Crippen molar-refractivity contribution >= 4 is 14.8 Å². The molecule has 0 atom stereocenters. The second kappa shape index (κ2) is 7.59. The Morgan fingerprint density at radius 1 is 1.19 bits per heavy atom. The molecule has 0 N–H and O–H groups in total. The molecule has 0 aromatic heterocycles. The zero-order valence-corrected chi connectivity index (χ0v) is 11.7. The molecule has 0 aromatic carbocycles. The number of hydrogen-bond acceptors (Lipinski definition) is 4. The molecule has 0 saturated carbocycles. The molecule has 0 aliphatic rings. The minimum absolute atomic E-state index is 0.368. The van der Waals surface area contributed by atoms with Crippen molar-refractivity contribution in [3.63, 3.8) is 0 Å². The highest BCUT2D eigenvalue weighted by Crippen LogP contribution is 2.19. The van der Waals surface area contributed by atoms with Gasteiger partial charge in [-0.3, -0.25) is 0 Å². The molecule has 0 aliphatic carbocycles. The van der Waals surface area contributed by atoms with Gasteiger partial charge in [0, 0.05) is 24.8 Å². The number of carbonyl (C=O) groups is 1. The lowest BCUT2D eigenvalue weighted by Crippen LogP contribution is -2.47. The van der Waals surface area contributed by atoms with E-state index in [0.29, 0.717) is 24.8 Å². The van der Waals surface area contributed by atoms with E-state index in [1.54, 1.807) is 6.92 Å². The summed E-state index contributed by atoms with van der Waals surface area (Å²) in [4.78, 5) is 11.5. The summed E-state index contributed by atoms with van der Waals surface area (Å²) in [6.45, 7) is 11.9. The number of rotatable bonds is 8. The van der Waals surface area contributed by atoms with Crippen LogP contribution in [0, 0.1) is 0 Å². The van der Waals surface area contributed by atoms with E-state index in [0.717, 1.165) is 6.42 Å². The summed E-state index contributed by atoms with van der Waals surface area (Å²) in [6, 6.07) is 0.647. The second-order valence-corrected chi connectivity index (χ2v) is 6.12. The maximum absolute atomic E-state index is 11.5. The molecular weight excluding hydrogens is 224 g/mol. The summed E-state index contributed by atoms with van der Waals surface area (Å²) >= 11 is 0. The van der Waals surface area contributed by atoms with Gasteiger partial charge in [0.2, 0.25) is 0 Å². The van der Waals surface area contributed by atoms with Crippen LogP contribution >= 0.6 is 0 Å². The lowest BCUT2D eigenvalue weighted by atomic mass is 10.4. The van der Waals surface area contributed by atoms with Crippen LogP contribution in [0.15, 0.2) is 12.2 Å². The van der Waals surface area contributed by atoms with E-state index in [4.69, 9.17) is 13.3 Å². The van der Waals surface area contributed by atoms with E-state index in [-0.39, 0.29) is 0 Å². The lowest BCUT2D eigenvalue weighted by molar-refractivity contribution is -0.134. The van der Waals surface area contributed by atoms with Crippen LogP contribution in [0.2, 0.25) is 6.04 Å². The first-order valence-corrected chi connectivity index (χ1v) is 7.61. The quantitative estimate of drug-likeness (QED) is 0.487. The standard InChI is InChI=1S/C11H22O4Si/c1-6-9-16(13-7-2,14-8-3)15-11(12)10(4)5/h4,6-9H2,1-3,5H3. The van der Waals surface area contributed by atoms with E-state index in [1.165, 1.54) is 0 Å². The maximum Gasteiger partial charge on any atom is 0.568 e. The van der Waals surface area contributed by atoms with Gasteiger partial charge in [-0.1, -0.05) is 19.9 Å². The van der Waals surface area contributed by atoms with Gasteiger partial charge in [0.15, 0.2) is 0 Å². The molecule has 4 nitrogen and oxygen atoms in total. The summed E-state index contributed by atoms with van der Waals surface area (Å²) < 4.78 is 16.5. The largest absolute Gasteiger partial charge is 0.568 e. The summed E-state index contributed by atoms with van der Waals surface area (Å²) in [5.74, 6) is -0.429. The highest BCUT2D eigenvalue weighted by atomic mass is 28.4. The van der Waals surface area contributed by atoms with Gasteiger partial charge in [-0.25, -0.2) is 4.79 Å². The summed E-state index contributed by atoms with van der Waals surface area (Å²) in [5.41, 5.74) is 0.368. The van der Waals surface area contributed by atoms with Crippen LogP contribution in [0.3, 0.4) is 0 Å². The zero-order valence-electron chi connectivity index (χ0n) is 10.7. The second-order valence-electron chi connectivity index (χ2n) is 3.47. The highest BCUT2D eigenvalue weighted by molar-refractivity contribution is 6.62. The van der Waals surface area contributed by atoms with Crippen LogP contribution in [0.4, 0.5) is 0 Å². The fraction of sp³-hybridized carbons (Fsp3) is 0.727. The molecule has 0 rings (SSSR count). The first-order valence-electron chi connectivity index (χ1n) is 5.68. The topological polar surface area (TPSA) is 44.8 Å². The molecule has 5 heteroatoms. The van der Waals surface area contributed by atoms with Crippen molar-refractivity contribution in [2.45, 2.75) is 40.2 Å². The summed E-state index contributed by atoms with van der Waals surface area (Å²) in [5, 5.41) is 0. The van der Waals surface area contributed by atoms with Crippen molar-refractivity contribution < 1.29 is 18.1 Å². The summed E-state index contributed by atoms with van der Waals surface area (Å²) in [7, 11) is -2.83. The Balaban J connectivity index is 4.71. The maximum atomic E-state index is 11.5. The van der Waals surface area contributed by atoms with E-state index < -0.39 is 14.8 Å². The third-order valence-corrected chi connectivity index (χ3v) is 4.95. The van der Waals surface area contributed by atoms with Crippen LogP contribution in [0.5, 0.6) is 0 Å². The van der Waals surface area contributed by atoms with Crippen LogP contribution in [-0.2, 0) is 18.1 Å². The lowest BCUT2D eigenvalue weighted by Gasteiger charge is -2.27. The smallest absolute Gasteiger partial charge is 0.470 e. The highest BCUT2D eigenvalue weighted by Gasteiger charge is 2.43. The van der Waals surface area contributed by atoms with E-state index in [2.05, 4.69) is 6.58 Å². The monoisotopic (exact) mass is 246 g/mol. The Morgan fingerprint density at radius 2 is 1.69 bits per heavy atom. The van der Waals surface area contributed by atoms with Crippen LogP contribution in [-0.4, -0.2) is 28.0 Å². The van der Waals surface area contributed by atoms with Gasteiger partial charge in [0.1, 0.15) is 0 Å². The molecule has 94 valence electrons. The molecule has 0 radical (unpaired) electrons. The van der Waals surface area contributed by atoms with Gasteiger partial charge in [-0.05, 0) is 20.8 Å². The van der Waals surface area contributed by atoms with E-state index in [9.17, 15) is 4.79 Å². The molecule has 0 unspecified atom stereocenters. The van der Waals surface area contributed by atoms with Crippen LogP contribution < -0.4 is 0 Å². The SMILES string of the molecule is C=C(C)C(=O)O[Si](CCC)(OCC)OCC. The Labute approximate surface area is 99.0 Å². The van der Waals surface area contributed by atoms with Gasteiger partial charge >= 0.3 is 14.8 Å². The van der Waals surface area contributed by atoms with Crippen molar-refractivity contribution in [1.82, 2.24) is 0 Å². The first kappa shape index (κ1) is 15.3. The fourth-order valence-electron chi connectivity index (χ4n) is 1.27. The van der Waals surface area contributed by atoms with E-state index >= 15 is 0 Å². The number of carbonyl (C=O) groups excluding carboxylic acids is 1. The summed E-state index contributed by atoms with van der Waals surface area (Å²) in [6.07, 6.45) is 0.857. The average molecular weight is 246 g/mol. The van der Waals surface area contributed by atoms with Gasteiger partial charge < -0.3 is 13.3 Å². The molecule has 0 aliphatic heterocycles. The normalized spacial score (nSPS) is 11.2. The fourth-order valence-corrected chi connectivity index (χ4v) is 3.81. The Hall–Kier alpha value is -0.653. The third-order valence-electron chi connectivity index (χ3n) is 1.88. The molecule has 0 fully saturated rings. The van der Waals surface area contributed by atoms with Crippen molar-refractivity contribution in [1.29, 1.82) is 0 Å². The first-order chi connectivity index (χ1) is 7.51. The average Bonchev–Trinajstić information content (AvgIpc) is 2.18. The molecule has 0 heterocycles. The third kappa shape index (κ3) is 4.91. The molecule has 0 saturated heterocycles. The van der Waals surface area contributed by atoms with Crippen molar-refractivity contribution in [2.24, 2.45) is 0 Å². The van der Waals surface area contributed by atoms with Crippen molar-refractivity contribution in [3.05, 3.63) is 12.2 Å². The predicted octanol–water partition coefficient (Wildman–Crippen LogP) is 2.53. The minimum atomic E-state index is -2.83. The molecule has 0 amide bonds. The van der Waals surface area contributed by atoms with Gasteiger partial charge in [0.05, 0.1) is 0 Å². The molecule has 16 heavy (non-hydrogen) atoms. The Morgan fingerprint density at radius 3 is 2.00 bits per heavy atom. The molecule has 0 aromatic rings. The zero-order chi connectivity index (χ0) is 12.6. The Kier molecular flexibility index (Phi) is 7.28. The minimum Gasteiger partial charge on any atom is -0.470 e. The van der Waals surface area contributed by atoms with Crippen molar-refractivity contribution in [2.75, 3.05) is 13.2 Å². The van der Waals surface area contributed by atoms with Gasteiger partial charge in [-0.2, -0.15) is 0 Å². The molecule has 0 spiro atoms. The predicted molar refractivity (Wildman–Crippen MR) is 65.0 cm³/mol. The molecule has 0 bridgehead atoms. The van der Waals surface area contributed by atoms with Gasteiger partial charge in [-0.15, -0.1) is 0 Å². The van der Waals surface area contributed by atoms with Crippen LogP contribution in [0.1, 0.15) is 34.1 Å². The van der Waals surface area contributed by atoms with E-state index in [1.807, 2.05) is 20.8 Å². The molecular formula is C11H22O4Si. The Bertz CT molecular complexity index is 223. The van der Waals surface area contributed by atoms with Gasteiger partial charge in [0.25, 0.3) is 0 Å². The number of hydrogen-bond donors (Lipinski definition) is 0.